The minimum Gasteiger partial charge on any atom is -0.475 e. The number of unbranched alkanes of at least 4 members (excludes halogenated alkanes) is 1. The van der Waals surface area contributed by atoms with E-state index >= 15 is 0 Å². The van der Waals surface area contributed by atoms with E-state index in [2.05, 4.69) is 37.1 Å². The minimum absolute atomic E-state index is 0.328. The molecule has 0 radical (unpaired) electrons. The third-order valence-corrected chi connectivity index (χ3v) is 3.08. The molecule has 1 aromatic rings. The lowest BCUT2D eigenvalue weighted by Gasteiger charge is -2.13. The van der Waals surface area contributed by atoms with E-state index in [1.54, 1.807) is 0 Å². The van der Waals surface area contributed by atoms with Crippen LogP contribution in [0.15, 0.2) is 18.3 Å². The monoisotopic (exact) mass is 280 g/mol. The van der Waals surface area contributed by atoms with Crippen LogP contribution in [-0.4, -0.2) is 31.3 Å². The van der Waals surface area contributed by atoms with Crippen molar-refractivity contribution in [2.75, 3.05) is 26.4 Å². The van der Waals surface area contributed by atoms with Crippen molar-refractivity contribution in [3.8, 4) is 5.88 Å². The maximum absolute atomic E-state index is 5.55. The van der Waals surface area contributed by atoms with Crippen LogP contribution in [0.4, 0.5) is 0 Å². The van der Waals surface area contributed by atoms with E-state index in [-0.39, 0.29) is 0 Å². The van der Waals surface area contributed by atoms with Crippen molar-refractivity contribution >= 4 is 0 Å². The zero-order valence-corrected chi connectivity index (χ0v) is 13.0. The van der Waals surface area contributed by atoms with Crippen LogP contribution in [0.2, 0.25) is 0 Å². The lowest BCUT2D eigenvalue weighted by atomic mass is 10.1. The van der Waals surface area contributed by atoms with E-state index in [1.807, 2.05) is 12.3 Å². The van der Waals surface area contributed by atoms with E-state index in [0.29, 0.717) is 25.1 Å². The van der Waals surface area contributed by atoms with Gasteiger partial charge < -0.3 is 14.8 Å². The maximum Gasteiger partial charge on any atom is 0.213 e. The Balaban J connectivity index is 2.24. The van der Waals surface area contributed by atoms with E-state index in [4.69, 9.17) is 9.47 Å². The molecule has 1 atom stereocenters. The number of hydrogen-bond acceptors (Lipinski definition) is 4. The first kappa shape index (κ1) is 16.9. The van der Waals surface area contributed by atoms with Crippen molar-refractivity contribution in [1.82, 2.24) is 10.3 Å². The molecule has 4 heteroatoms. The smallest absolute Gasteiger partial charge is 0.213 e. The summed E-state index contributed by atoms with van der Waals surface area (Å²) >= 11 is 0. The fraction of sp³-hybridized carbons (Fsp3) is 0.688. The van der Waals surface area contributed by atoms with Crippen LogP contribution in [0.25, 0.3) is 0 Å². The molecular weight excluding hydrogens is 252 g/mol. The highest BCUT2D eigenvalue weighted by molar-refractivity contribution is 5.20. The number of rotatable bonds is 11. The van der Waals surface area contributed by atoms with Gasteiger partial charge in [0, 0.05) is 24.9 Å². The van der Waals surface area contributed by atoms with Gasteiger partial charge in [0.25, 0.3) is 0 Å². The summed E-state index contributed by atoms with van der Waals surface area (Å²) in [5, 5.41) is 3.44. The van der Waals surface area contributed by atoms with Gasteiger partial charge in [-0.05, 0) is 31.9 Å². The molecule has 4 nitrogen and oxygen atoms in total. The summed E-state index contributed by atoms with van der Waals surface area (Å²) < 4.78 is 11.0. The van der Waals surface area contributed by atoms with Crippen molar-refractivity contribution < 1.29 is 9.47 Å². The van der Waals surface area contributed by atoms with Crippen LogP contribution in [0, 0.1) is 0 Å². The Kier molecular flexibility index (Phi) is 9.00. The fourth-order valence-electron chi connectivity index (χ4n) is 1.77. The molecule has 0 aromatic carbocycles. The highest BCUT2D eigenvalue weighted by atomic mass is 16.5. The molecule has 0 bridgehead atoms. The molecule has 1 rings (SSSR count). The average Bonchev–Trinajstić information content (AvgIpc) is 2.49. The Bertz CT molecular complexity index is 341. The van der Waals surface area contributed by atoms with Gasteiger partial charge >= 0.3 is 0 Å². The zero-order chi connectivity index (χ0) is 14.6. The van der Waals surface area contributed by atoms with Crippen molar-refractivity contribution in [2.45, 2.75) is 46.1 Å². The van der Waals surface area contributed by atoms with Gasteiger partial charge in [-0.15, -0.1) is 0 Å². The molecule has 0 spiro atoms. The molecule has 0 saturated heterocycles. The molecule has 0 aliphatic rings. The molecule has 1 unspecified atom stereocenters. The van der Waals surface area contributed by atoms with Crippen molar-refractivity contribution in [1.29, 1.82) is 0 Å². The van der Waals surface area contributed by atoms with Crippen molar-refractivity contribution in [2.24, 2.45) is 0 Å². The number of ether oxygens (including phenoxy) is 2. The molecule has 1 aromatic heterocycles. The predicted molar refractivity (Wildman–Crippen MR) is 82.2 cm³/mol. The third-order valence-electron chi connectivity index (χ3n) is 3.08. The van der Waals surface area contributed by atoms with Gasteiger partial charge in [-0.25, -0.2) is 4.98 Å². The number of nitrogens with zero attached hydrogens (tertiary/aromatic N) is 1. The number of hydrogen-bond donors (Lipinski definition) is 1. The average molecular weight is 280 g/mol. The summed E-state index contributed by atoms with van der Waals surface area (Å²) in [5.41, 5.74) is 1.19. The standard InChI is InChI=1S/C16H28N2O2/c1-4-6-10-19-11-12-20-16-8-7-15(13-18-16)14(3)17-9-5-2/h7-8,13-14,17H,4-6,9-12H2,1-3H3. The Morgan fingerprint density at radius 2 is 2.00 bits per heavy atom. The Morgan fingerprint density at radius 3 is 2.65 bits per heavy atom. The van der Waals surface area contributed by atoms with Gasteiger partial charge in [0.15, 0.2) is 0 Å². The molecule has 0 aliphatic heterocycles. The van der Waals surface area contributed by atoms with Gasteiger partial charge in [-0.2, -0.15) is 0 Å². The molecule has 0 aliphatic carbocycles. The Morgan fingerprint density at radius 1 is 1.15 bits per heavy atom. The van der Waals surface area contributed by atoms with Crippen molar-refractivity contribution in [3.05, 3.63) is 23.9 Å². The van der Waals surface area contributed by atoms with Gasteiger partial charge in [0.1, 0.15) is 6.61 Å². The molecule has 0 fully saturated rings. The zero-order valence-electron chi connectivity index (χ0n) is 13.0. The van der Waals surface area contributed by atoms with Crippen LogP contribution < -0.4 is 10.1 Å². The van der Waals surface area contributed by atoms with Crippen LogP contribution in [0.3, 0.4) is 0 Å². The predicted octanol–water partition coefficient (Wildman–Crippen LogP) is 3.34. The van der Waals surface area contributed by atoms with Crippen LogP contribution in [0.5, 0.6) is 5.88 Å². The van der Waals surface area contributed by atoms with Gasteiger partial charge in [-0.1, -0.05) is 26.3 Å². The van der Waals surface area contributed by atoms with E-state index in [9.17, 15) is 0 Å². The minimum atomic E-state index is 0.328. The number of aromatic nitrogens is 1. The number of nitrogens with one attached hydrogen (secondary N) is 1. The van der Waals surface area contributed by atoms with Gasteiger partial charge in [0.05, 0.1) is 6.61 Å². The molecular formula is C16H28N2O2. The molecule has 0 amide bonds. The molecule has 20 heavy (non-hydrogen) atoms. The second-order valence-electron chi connectivity index (χ2n) is 4.92. The van der Waals surface area contributed by atoms with E-state index in [0.717, 1.165) is 32.4 Å². The normalized spacial score (nSPS) is 12.3. The van der Waals surface area contributed by atoms with Crippen LogP contribution >= 0.6 is 0 Å². The summed E-state index contributed by atoms with van der Waals surface area (Å²) in [7, 11) is 0. The topological polar surface area (TPSA) is 43.4 Å². The largest absolute Gasteiger partial charge is 0.475 e. The quantitative estimate of drug-likeness (QED) is 0.631. The Hall–Kier alpha value is -1.13. The Labute approximate surface area is 122 Å². The van der Waals surface area contributed by atoms with Crippen molar-refractivity contribution in [3.63, 3.8) is 0 Å². The van der Waals surface area contributed by atoms with Gasteiger partial charge in [0.2, 0.25) is 5.88 Å². The summed E-state index contributed by atoms with van der Waals surface area (Å²) in [6, 6.07) is 4.31. The summed E-state index contributed by atoms with van der Waals surface area (Å²) in [5.74, 6) is 0.663. The lowest BCUT2D eigenvalue weighted by Crippen LogP contribution is -2.19. The second-order valence-corrected chi connectivity index (χ2v) is 4.92. The molecule has 1 N–H and O–H groups in total. The maximum atomic E-state index is 5.55. The first-order chi connectivity index (χ1) is 9.77. The summed E-state index contributed by atoms with van der Waals surface area (Å²) in [4.78, 5) is 4.32. The first-order valence-corrected chi connectivity index (χ1v) is 7.67. The summed E-state index contributed by atoms with van der Waals surface area (Å²) in [6.07, 6.45) is 5.28. The van der Waals surface area contributed by atoms with E-state index in [1.165, 1.54) is 5.56 Å². The molecule has 1 heterocycles. The first-order valence-electron chi connectivity index (χ1n) is 7.67. The van der Waals surface area contributed by atoms with Gasteiger partial charge in [-0.3, -0.25) is 0 Å². The van der Waals surface area contributed by atoms with E-state index < -0.39 is 0 Å². The molecule has 0 saturated carbocycles. The third kappa shape index (κ3) is 6.87. The molecule has 114 valence electrons. The fourth-order valence-corrected chi connectivity index (χ4v) is 1.77. The highest BCUT2D eigenvalue weighted by Crippen LogP contribution is 2.14. The summed E-state index contributed by atoms with van der Waals surface area (Å²) in [6.45, 7) is 9.48. The highest BCUT2D eigenvalue weighted by Gasteiger charge is 2.04. The SMILES string of the molecule is CCCCOCCOc1ccc(C(C)NCCC)cn1. The van der Waals surface area contributed by atoms with Crippen LogP contribution in [0.1, 0.15) is 51.6 Å². The number of pyridine rings is 1. The lowest BCUT2D eigenvalue weighted by molar-refractivity contribution is 0.0965. The second kappa shape index (κ2) is 10.6. The van der Waals surface area contributed by atoms with Crippen LogP contribution in [-0.2, 0) is 4.74 Å².